The van der Waals surface area contributed by atoms with Crippen LogP contribution < -0.4 is 4.74 Å². The lowest BCUT2D eigenvalue weighted by Crippen LogP contribution is -2.39. The normalized spacial score (nSPS) is 16.6. The summed E-state index contributed by atoms with van der Waals surface area (Å²) in [5, 5.41) is 7.24. The number of hydrogen-bond donors (Lipinski definition) is 1. The van der Waals surface area contributed by atoms with Gasteiger partial charge in [-0.15, -0.1) is 0 Å². The number of carbonyl (C=O) groups excluding carboxylic acids is 1. The van der Waals surface area contributed by atoms with Gasteiger partial charge < -0.3 is 14.1 Å². The molecule has 0 aliphatic carbocycles. The third-order valence-electron chi connectivity index (χ3n) is 5.83. The molecule has 1 N–H and O–H groups in total. The topological polar surface area (TPSA) is 84.2 Å². The average molecular weight is 409 g/mol. The first-order valence-electron chi connectivity index (χ1n) is 10.5. The van der Waals surface area contributed by atoms with Crippen molar-refractivity contribution in [1.29, 1.82) is 0 Å². The van der Waals surface area contributed by atoms with E-state index in [2.05, 4.69) is 22.1 Å². The molecule has 1 atom stereocenters. The van der Waals surface area contributed by atoms with Crippen LogP contribution in [-0.2, 0) is 12.8 Å². The van der Waals surface area contributed by atoms with E-state index in [1.807, 2.05) is 36.1 Å². The maximum atomic E-state index is 13.0. The third kappa shape index (κ3) is 4.10. The predicted molar refractivity (Wildman–Crippen MR) is 113 cm³/mol. The van der Waals surface area contributed by atoms with Gasteiger partial charge in [0.25, 0.3) is 5.91 Å². The van der Waals surface area contributed by atoms with Gasteiger partial charge in [-0.1, -0.05) is 19.1 Å². The maximum Gasteiger partial charge on any atom is 0.274 e. The van der Waals surface area contributed by atoms with Crippen LogP contribution in [0.15, 0.2) is 34.9 Å². The molecule has 1 saturated heterocycles. The number of carbonyl (C=O) groups is 1. The Hall–Kier alpha value is -3.09. The summed E-state index contributed by atoms with van der Waals surface area (Å²) in [7, 11) is 1.66. The van der Waals surface area contributed by atoms with Crippen LogP contribution in [-0.4, -0.2) is 46.2 Å². The number of nitrogens with zero attached hydrogens (tertiary/aromatic N) is 3. The molecule has 4 rings (SSSR count). The Balaban J connectivity index is 1.43. The second kappa shape index (κ2) is 8.73. The van der Waals surface area contributed by atoms with E-state index < -0.39 is 0 Å². The monoisotopic (exact) mass is 408 g/mol. The quantitative estimate of drug-likeness (QED) is 0.669. The maximum absolute atomic E-state index is 13.0. The van der Waals surface area contributed by atoms with Crippen LogP contribution in [0.25, 0.3) is 0 Å². The Bertz CT molecular complexity index is 1010. The minimum atomic E-state index is -0.0156. The number of oxazole rings is 1. The number of rotatable bonds is 6. The van der Waals surface area contributed by atoms with Gasteiger partial charge in [0.15, 0.2) is 11.6 Å². The van der Waals surface area contributed by atoms with Crippen LogP contribution in [0, 0.1) is 6.92 Å². The van der Waals surface area contributed by atoms with E-state index >= 15 is 0 Å². The number of aryl methyl sites for hydroxylation is 1. The largest absolute Gasteiger partial charge is 0.497 e. The second-order valence-corrected chi connectivity index (χ2v) is 7.81. The Morgan fingerprint density at radius 3 is 2.83 bits per heavy atom. The molecule has 1 fully saturated rings. The molecule has 0 spiro atoms. The predicted octanol–water partition coefficient (Wildman–Crippen LogP) is 3.89. The van der Waals surface area contributed by atoms with Gasteiger partial charge in [0.05, 0.1) is 19.2 Å². The standard InChI is InChI=1S/C23H28N4O3/c1-4-20-15(2)21(26-25-20)23(28)27-11-5-6-17(14-27)22-24-13-19(30-22)12-16-7-9-18(29-3)10-8-16/h7-10,13,17H,4-6,11-12,14H2,1-3H3,(H,25,26)/t17-/m0/s1. The number of methoxy groups -OCH3 is 1. The molecule has 1 aliphatic heterocycles. The Kier molecular flexibility index (Phi) is 5.88. The number of ether oxygens (including phenoxy) is 1. The molecule has 3 aromatic rings. The number of piperidine rings is 1. The number of hydrogen-bond acceptors (Lipinski definition) is 5. The van der Waals surface area contributed by atoms with Gasteiger partial charge >= 0.3 is 0 Å². The van der Waals surface area contributed by atoms with Crippen LogP contribution in [0.4, 0.5) is 0 Å². The molecule has 0 radical (unpaired) electrons. The van der Waals surface area contributed by atoms with Crippen molar-refractivity contribution in [3.63, 3.8) is 0 Å². The van der Waals surface area contributed by atoms with Gasteiger partial charge in [-0.3, -0.25) is 9.89 Å². The molecule has 30 heavy (non-hydrogen) atoms. The lowest BCUT2D eigenvalue weighted by molar-refractivity contribution is 0.0691. The van der Waals surface area contributed by atoms with Crippen LogP contribution in [0.1, 0.15) is 64.6 Å². The first kappa shape index (κ1) is 20.2. The molecular weight excluding hydrogens is 380 g/mol. The molecule has 1 aromatic carbocycles. The second-order valence-electron chi connectivity index (χ2n) is 7.81. The van der Waals surface area contributed by atoms with Gasteiger partial charge in [-0.2, -0.15) is 5.10 Å². The van der Waals surface area contributed by atoms with Crippen LogP contribution in [0.2, 0.25) is 0 Å². The van der Waals surface area contributed by atoms with Crippen LogP contribution in [0.5, 0.6) is 5.75 Å². The summed E-state index contributed by atoms with van der Waals surface area (Å²) in [6.45, 7) is 5.35. The molecule has 0 unspecified atom stereocenters. The van der Waals surface area contributed by atoms with Crippen molar-refractivity contribution in [2.24, 2.45) is 0 Å². The molecule has 0 bridgehead atoms. The molecular formula is C23H28N4O3. The Morgan fingerprint density at radius 1 is 1.33 bits per heavy atom. The molecule has 7 heteroatoms. The van der Waals surface area contributed by atoms with Gasteiger partial charge in [-0.25, -0.2) is 4.98 Å². The van der Waals surface area contributed by atoms with Gasteiger partial charge in [-0.05, 0) is 43.9 Å². The van der Waals surface area contributed by atoms with E-state index in [1.54, 1.807) is 13.3 Å². The summed E-state index contributed by atoms with van der Waals surface area (Å²) in [6.07, 6.45) is 5.20. The van der Waals surface area contributed by atoms with Crippen molar-refractivity contribution in [2.75, 3.05) is 20.2 Å². The summed E-state index contributed by atoms with van der Waals surface area (Å²) in [5.41, 5.74) is 3.63. The summed E-state index contributed by atoms with van der Waals surface area (Å²) in [4.78, 5) is 19.4. The van der Waals surface area contributed by atoms with E-state index in [0.717, 1.165) is 54.1 Å². The van der Waals surface area contributed by atoms with Crippen molar-refractivity contribution >= 4 is 5.91 Å². The number of benzene rings is 1. The first-order valence-corrected chi connectivity index (χ1v) is 10.5. The number of amides is 1. The van der Waals surface area contributed by atoms with Gasteiger partial charge in [0.1, 0.15) is 11.5 Å². The first-order chi connectivity index (χ1) is 14.6. The number of H-pyrrole nitrogens is 1. The van der Waals surface area contributed by atoms with E-state index in [4.69, 9.17) is 9.15 Å². The minimum absolute atomic E-state index is 0.0156. The fourth-order valence-electron chi connectivity index (χ4n) is 4.04. The molecule has 1 aliphatic rings. The average Bonchev–Trinajstić information content (AvgIpc) is 3.40. The molecule has 1 amide bonds. The van der Waals surface area contributed by atoms with Crippen molar-refractivity contribution in [1.82, 2.24) is 20.1 Å². The van der Waals surface area contributed by atoms with E-state index in [9.17, 15) is 4.79 Å². The fourth-order valence-corrected chi connectivity index (χ4v) is 4.04. The van der Waals surface area contributed by atoms with E-state index in [0.29, 0.717) is 24.6 Å². The Labute approximate surface area is 176 Å². The van der Waals surface area contributed by atoms with Crippen molar-refractivity contribution in [3.8, 4) is 5.75 Å². The van der Waals surface area contributed by atoms with Crippen molar-refractivity contribution < 1.29 is 13.9 Å². The number of nitrogens with one attached hydrogen (secondary N) is 1. The minimum Gasteiger partial charge on any atom is -0.497 e. The highest BCUT2D eigenvalue weighted by molar-refractivity contribution is 5.94. The molecule has 158 valence electrons. The highest BCUT2D eigenvalue weighted by atomic mass is 16.5. The zero-order valence-electron chi connectivity index (χ0n) is 17.8. The van der Waals surface area contributed by atoms with Crippen molar-refractivity contribution in [3.05, 3.63) is 64.6 Å². The summed E-state index contributed by atoms with van der Waals surface area (Å²) < 4.78 is 11.3. The zero-order chi connectivity index (χ0) is 21.1. The number of aromatic amines is 1. The summed E-state index contributed by atoms with van der Waals surface area (Å²) in [6, 6.07) is 7.94. The van der Waals surface area contributed by atoms with Gasteiger partial charge in [0, 0.05) is 30.8 Å². The number of likely N-dealkylation sites (tertiary alicyclic amines) is 1. The molecule has 0 saturated carbocycles. The lowest BCUT2D eigenvalue weighted by atomic mass is 9.97. The highest BCUT2D eigenvalue weighted by Crippen LogP contribution is 2.28. The van der Waals surface area contributed by atoms with Crippen molar-refractivity contribution in [2.45, 2.75) is 45.4 Å². The smallest absolute Gasteiger partial charge is 0.274 e. The third-order valence-corrected chi connectivity index (χ3v) is 5.83. The number of aromatic nitrogens is 3. The Morgan fingerprint density at radius 2 is 2.13 bits per heavy atom. The van der Waals surface area contributed by atoms with Gasteiger partial charge in [0.2, 0.25) is 0 Å². The lowest BCUT2D eigenvalue weighted by Gasteiger charge is -2.31. The van der Waals surface area contributed by atoms with E-state index in [1.165, 1.54) is 0 Å². The van der Waals surface area contributed by atoms with Crippen LogP contribution in [0.3, 0.4) is 0 Å². The summed E-state index contributed by atoms with van der Waals surface area (Å²) in [5.74, 6) is 2.47. The zero-order valence-corrected chi connectivity index (χ0v) is 17.8. The fraction of sp³-hybridized carbons (Fsp3) is 0.435. The SMILES string of the molecule is CCc1[nH]nc(C(=O)N2CCC[C@H](c3ncc(Cc4ccc(OC)cc4)o3)C2)c1C. The highest BCUT2D eigenvalue weighted by Gasteiger charge is 2.30. The molecule has 7 nitrogen and oxygen atoms in total. The van der Waals surface area contributed by atoms with Crippen LogP contribution >= 0.6 is 0 Å². The van der Waals surface area contributed by atoms with E-state index in [-0.39, 0.29) is 11.8 Å². The molecule has 3 heterocycles. The summed E-state index contributed by atoms with van der Waals surface area (Å²) >= 11 is 0. The molecule has 2 aromatic heterocycles.